The second kappa shape index (κ2) is 5.61. The largest absolute Gasteiger partial charge is 0.396 e. The molecule has 2 rings (SSSR count). The molecule has 0 saturated carbocycles. The van der Waals surface area contributed by atoms with Crippen molar-refractivity contribution in [1.82, 2.24) is 24.7 Å². The first kappa shape index (κ1) is 13.2. The summed E-state index contributed by atoms with van der Waals surface area (Å²) in [6, 6.07) is 1.78. The van der Waals surface area contributed by atoms with Crippen molar-refractivity contribution in [2.45, 2.75) is 19.9 Å². The summed E-state index contributed by atoms with van der Waals surface area (Å²) < 4.78 is 1.50. The van der Waals surface area contributed by atoms with Crippen LogP contribution >= 0.6 is 0 Å². The molecular formula is C11H17N7O. The van der Waals surface area contributed by atoms with Gasteiger partial charge in [0.25, 0.3) is 5.95 Å². The number of hydrogen-bond acceptors (Lipinski definition) is 7. The molecule has 0 aliphatic carbocycles. The SMILES string of the molecule is CC(CO)C(C)Nc1nc(N)nc(-n2cccn2)n1. The lowest BCUT2D eigenvalue weighted by atomic mass is 10.1. The van der Waals surface area contributed by atoms with E-state index < -0.39 is 0 Å². The number of nitrogens with two attached hydrogens (primary N) is 1. The van der Waals surface area contributed by atoms with Crippen LogP contribution in [0, 0.1) is 5.92 Å². The second-order valence-corrected chi connectivity index (χ2v) is 4.36. The van der Waals surface area contributed by atoms with Crippen LogP contribution in [-0.2, 0) is 0 Å². The molecule has 0 spiro atoms. The highest BCUT2D eigenvalue weighted by molar-refractivity contribution is 5.35. The number of anilines is 2. The average molecular weight is 263 g/mol. The minimum absolute atomic E-state index is 0.0114. The summed E-state index contributed by atoms with van der Waals surface area (Å²) in [5, 5.41) is 16.2. The van der Waals surface area contributed by atoms with Gasteiger partial charge in [-0.15, -0.1) is 0 Å². The lowest BCUT2D eigenvalue weighted by Gasteiger charge is -2.19. The summed E-state index contributed by atoms with van der Waals surface area (Å²) in [4.78, 5) is 12.3. The van der Waals surface area contributed by atoms with Gasteiger partial charge in [-0.1, -0.05) is 6.92 Å². The van der Waals surface area contributed by atoms with Crippen molar-refractivity contribution in [2.24, 2.45) is 5.92 Å². The van der Waals surface area contributed by atoms with E-state index >= 15 is 0 Å². The van der Waals surface area contributed by atoms with Crippen molar-refractivity contribution in [2.75, 3.05) is 17.7 Å². The number of hydrogen-bond donors (Lipinski definition) is 3. The van der Waals surface area contributed by atoms with Crippen LogP contribution in [0.25, 0.3) is 5.95 Å². The van der Waals surface area contributed by atoms with E-state index in [-0.39, 0.29) is 24.5 Å². The Balaban J connectivity index is 2.22. The summed E-state index contributed by atoms with van der Waals surface area (Å²) in [6.45, 7) is 3.95. The summed E-state index contributed by atoms with van der Waals surface area (Å²) in [6.07, 6.45) is 3.35. The van der Waals surface area contributed by atoms with Gasteiger partial charge in [0.15, 0.2) is 0 Å². The molecule has 2 heterocycles. The van der Waals surface area contributed by atoms with Gasteiger partial charge >= 0.3 is 0 Å². The molecular weight excluding hydrogens is 246 g/mol. The monoisotopic (exact) mass is 263 g/mol. The molecule has 0 saturated heterocycles. The fourth-order valence-corrected chi connectivity index (χ4v) is 1.44. The number of aliphatic hydroxyl groups excluding tert-OH is 1. The molecule has 8 nitrogen and oxygen atoms in total. The van der Waals surface area contributed by atoms with E-state index in [2.05, 4.69) is 25.4 Å². The topological polar surface area (TPSA) is 115 Å². The van der Waals surface area contributed by atoms with Gasteiger partial charge in [-0.25, -0.2) is 4.68 Å². The van der Waals surface area contributed by atoms with E-state index in [1.165, 1.54) is 4.68 Å². The lowest BCUT2D eigenvalue weighted by Crippen LogP contribution is -2.27. The predicted octanol–water partition coefficient (Wildman–Crippen LogP) is 0.0683. The van der Waals surface area contributed by atoms with Crippen LogP contribution in [0.2, 0.25) is 0 Å². The molecule has 0 aliphatic heterocycles. The smallest absolute Gasteiger partial charge is 0.257 e. The fraction of sp³-hybridized carbons (Fsp3) is 0.455. The van der Waals surface area contributed by atoms with Gasteiger partial charge in [-0.3, -0.25) is 0 Å². The van der Waals surface area contributed by atoms with Crippen molar-refractivity contribution in [3.8, 4) is 5.95 Å². The predicted molar refractivity (Wildman–Crippen MR) is 70.7 cm³/mol. The number of aromatic nitrogens is 5. The Morgan fingerprint density at radius 2 is 2.16 bits per heavy atom. The number of nitrogen functional groups attached to an aromatic ring is 1. The maximum atomic E-state index is 9.11. The fourth-order valence-electron chi connectivity index (χ4n) is 1.44. The van der Waals surface area contributed by atoms with Crippen LogP contribution in [0.15, 0.2) is 18.5 Å². The maximum Gasteiger partial charge on any atom is 0.257 e. The normalized spacial score (nSPS) is 14.1. The van der Waals surface area contributed by atoms with E-state index in [0.717, 1.165) is 0 Å². The molecule has 2 atom stereocenters. The zero-order valence-electron chi connectivity index (χ0n) is 10.9. The zero-order chi connectivity index (χ0) is 13.8. The highest BCUT2D eigenvalue weighted by Crippen LogP contribution is 2.10. The Morgan fingerprint density at radius 1 is 1.37 bits per heavy atom. The molecule has 2 aromatic heterocycles. The number of nitrogens with one attached hydrogen (secondary N) is 1. The Bertz CT molecular complexity index is 528. The van der Waals surface area contributed by atoms with E-state index in [0.29, 0.717) is 11.9 Å². The molecule has 0 aromatic carbocycles. The minimum Gasteiger partial charge on any atom is -0.396 e. The van der Waals surface area contributed by atoms with Crippen LogP contribution in [0.3, 0.4) is 0 Å². The van der Waals surface area contributed by atoms with E-state index in [1.807, 2.05) is 13.8 Å². The van der Waals surface area contributed by atoms with Gasteiger partial charge < -0.3 is 16.2 Å². The van der Waals surface area contributed by atoms with E-state index in [4.69, 9.17) is 10.8 Å². The molecule has 8 heteroatoms. The van der Waals surface area contributed by atoms with E-state index in [9.17, 15) is 0 Å². The van der Waals surface area contributed by atoms with Crippen LogP contribution < -0.4 is 11.1 Å². The number of aliphatic hydroxyl groups is 1. The number of nitrogens with zero attached hydrogens (tertiary/aromatic N) is 5. The highest BCUT2D eigenvalue weighted by Gasteiger charge is 2.14. The van der Waals surface area contributed by atoms with Gasteiger partial charge in [0.1, 0.15) is 0 Å². The van der Waals surface area contributed by atoms with Crippen LogP contribution in [0.4, 0.5) is 11.9 Å². The van der Waals surface area contributed by atoms with Crippen molar-refractivity contribution >= 4 is 11.9 Å². The summed E-state index contributed by atoms with van der Waals surface area (Å²) >= 11 is 0. The molecule has 2 unspecified atom stereocenters. The van der Waals surface area contributed by atoms with E-state index in [1.54, 1.807) is 18.5 Å². The maximum absolute atomic E-state index is 9.11. The molecule has 19 heavy (non-hydrogen) atoms. The molecule has 2 aromatic rings. The van der Waals surface area contributed by atoms with Crippen molar-refractivity contribution in [3.63, 3.8) is 0 Å². The quantitative estimate of drug-likeness (QED) is 0.699. The standard InChI is InChI=1S/C11H17N7O/c1-7(6-19)8(2)14-10-15-9(12)16-11(17-10)18-5-3-4-13-18/h3-5,7-8,19H,6H2,1-2H3,(H3,12,14,15,16,17). The van der Waals surface area contributed by atoms with Crippen molar-refractivity contribution in [1.29, 1.82) is 0 Å². The Hall–Kier alpha value is -2.22. The molecule has 0 aliphatic rings. The van der Waals surface area contributed by atoms with Gasteiger partial charge in [0, 0.05) is 25.0 Å². The first-order valence-electron chi connectivity index (χ1n) is 5.99. The van der Waals surface area contributed by atoms with Crippen molar-refractivity contribution < 1.29 is 5.11 Å². The Labute approximate surface area is 110 Å². The van der Waals surface area contributed by atoms with Gasteiger partial charge in [-0.05, 0) is 18.9 Å². The molecule has 4 N–H and O–H groups in total. The van der Waals surface area contributed by atoms with Crippen LogP contribution in [0.1, 0.15) is 13.8 Å². The first-order chi connectivity index (χ1) is 9.10. The zero-order valence-corrected chi connectivity index (χ0v) is 10.9. The molecule has 0 bridgehead atoms. The lowest BCUT2D eigenvalue weighted by molar-refractivity contribution is 0.226. The van der Waals surface area contributed by atoms with Crippen LogP contribution in [0.5, 0.6) is 0 Å². The summed E-state index contributed by atoms with van der Waals surface area (Å²) in [5.41, 5.74) is 5.66. The molecule has 0 fully saturated rings. The van der Waals surface area contributed by atoms with Crippen molar-refractivity contribution in [3.05, 3.63) is 18.5 Å². The highest BCUT2D eigenvalue weighted by atomic mass is 16.3. The third-order valence-electron chi connectivity index (χ3n) is 2.85. The Morgan fingerprint density at radius 3 is 2.79 bits per heavy atom. The molecule has 0 radical (unpaired) electrons. The Kier molecular flexibility index (Phi) is 3.91. The molecule has 102 valence electrons. The van der Waals surface area contributed by atoms with Gasteiger partial charge in [0.05, 0.1) is 0 Å². The minimum atomic E-state index is 0.0114. The first-order valence-corrected chi connectivity index (χ1v) is 5.99. The summed E-state index contributed by atoms with van der Waals surface area (Å²) in [5.74, 6) is 0.910. The second-order valence-electron chi connectivity index (χ2n) is 4.36. The van der Waals surface area contributed by atoms with Gasteiger partial charge in [0.2, 0.25) is 11.9 Å². The number of rotatable bonds is 5. The average Bonchev–Trinajstić information content (AvgIpc) is 2.90. The van der Waals surface area contributed by atoms with Crippen LogP contribution in [-0.4, -0.2) is 42.5 Å². The molecule has 0 amide bonds. The third kappa shape index (κ3) is 3.16. The third-order valence-corrected chi connectivity index (χ3v) is 2.85. The summed E-state index contributed by atoms with van der Waals surface area (Å²) in [7, 11) is 0. The van der Waals surface area contributed by atoms with Gasteiger partial charge in [-0.2, -0.15) is 20.1 Å².